The third kappa shape index (κ3) is 6.51. The van der Waals surface area contributed by atoms with Gasteiger partial charge in [-0.05, 0) is 30.2 Å². The number of ether oxygens (including phenoxy) is 1. The lowest BCUT2D eigenvalue weighted by Gasteiger charge is -2.60. The van der Waals surface area contributed by atoms with Crippen molar-refractivity contribution in [1.29, 1.82) is 0 Å². The van der Waals surface area contributed by atoms with Gasteiger partial charge in [-0.2, -0.15) is 0 Å². The molecule has 3 amide bonds. The molecule has 37 heavy (non-hydrogen) atoms. The fourth-order valence-electron chi connectivity index (χ4n) is 4.73. The first-order chi connectivity index (χ1) is 17.7. The highest BCUT2D eigenvalue weighted by Gasteiger charge is 2.52. The number of hydrogen-bond acceptors (Lipinski definition) is 7. The predicted molar refractivity (Wildman–Crippen MR) is 137 cm³/mol. The van der Waals surface area contributed by atoms with Gasteiger partial charge in [-0.25, -0.2) is 10.5 Å². The lowest BCUT2D eigenvalue weighted by Crippen LogP contribution is -2.72. The Kier molecular flexibility index (Phi) is 8.53. The van der Waals surface area contributed by atoms with Gasteiger partial charge in [-0.3, -0.25) is 19.6 Å². The lowest BCUT2D eigenvalue weighted by atomic mass is 9.72. The third-order valence-electron chi connectivity index (χ3n) is 6.57. The van der Waals surface area contributed by atoms with Crippen LogP contribution in [0.25, 0.3) is 0 Å². The SMILES string of the molecule is CCC(Oc1ncc(Cl)cc1Cl)C(=O)NCc1cccc(C(=O)N2CC3(CN(CCC(=O)NO)C3)C2)c1. The summed E-state index contributed by atoms with van der Waals surface area (Å²) in [6.07, 6.45) is 1.27. The van der Waals surface area contributed by atoms with E-state index in [1.54, 1.807) is 23.7 Å². The Morgan fingerprint density at radius 2 is 1.95 bits per heavy atom. The van der Waals surface area contributed by atoms with Gasteiger partial charge in [0.2, 0.25) is 11.8 Å². The number of halogens is 2. The van der Waals surface area contributed by atoms with Gasteiger partial charge in [-0.1, -0.05) is 42.3 Å². The zero-order valence-electron chi connectivity index (χ0n) is 20.4. The van der Waals surface area contributed by atoms with E-state index in [2.05, 4.69) is 15.2 Å². The Balaban J connectivity index is 1.25. The van der Waals surface area contributed by atoms with Crippen molar-refractivity contribution >= 4 is 40.9 Å². The van der Waals surface area contributed by atoms with Crippen LogP contribution in [0.3, 0.4) is 0 Å². The molecule has 2 aliphatic heterocycles. The fourth-order valence-corrected chi connectivity index (χ4v) is 5.15. The van der Waals surface area contributed by atoms with Crippen molar-refractivity contribution in [3.63, 3.8) is 0 Å². The molecule has 1 aromatic carbocycles. The Labute approximate surface area is 224 Å². The number of nitrogens with one attached hydrogen (secondary N) is 2. The minimum Gasteiger partial charge on any atom is -0.463 e. The van der Waals surface area contributed by atoms with Gasteiger partial charge in [-0.15, -0.1) is 0 Å². The van der Waals surface area contributed by atoms with Crippen LogP contribution < -0.4 is 15.5 Å². The number of nitrogens with zero attached hydrogens (tertiary/aromatic N) is 3. The van der Waals surface area contributed by atoms with Crippen molar-refractivity contribution < 1.29 is 24.3 Å². The molecule has 2 aliphatic rings. The average Bonchev–Trinajstić information content (AvgIpc) is 2.84. The number of rotatable bonds is 10. The summed E-state index contributed by atoms with van der Waals surface area (Å²) in [5, 5.41) is 12.0. The maximum absolute atomic E-state index is 13.0. The Morgan fingerprint density at radius 1 is 1.19 bits per heavy atom. The highest BCUT2D eigenvalue weighted by atomic mass is 35.5. The zero-order valence-corrected chi connectivity index (χ0v) is 21.9. The molecule has 1 aromatic heterocycles. The third-order valence-corrected chi connectivity index (χ3v) is 7.05. The quantitative estimate of drug-likeness (QED) is 0.307. The molecule has 1 atom stereocenters. The molecule has 0 radical (unpaired) electrons. The summed E-state index contributed by atoms with van der Waals surface area (Å²) < 4.78 is 5.68. The van der Waals surface area contributed by atoms with Crippen LogP contribution in [0.4, 0.5) is 0 Å². The zero-order chi connectivity index (χ0) is 26.6. The van der Waals surface area contributed by atoms with Crippen molar-refractivity contribution in [3.05, 3.63) is 57.7 Å². The van der Waals surface area contributed by atoms with E-state index in [1.807, 2.05) is 17.9 Å². The first-order valence-electron chi connectivity index (χ1n) is 12.0. The Hall–Kier alpha value is -2.92. The molecule has 3 heterocycles. The summed E-state index contributed by atoms with van der Waals surface area (Å²) in [5.74, 6) is -0.626. The molecular weight excluding hydrogens is 521 g/mol. The molecule has 10 nitrogen and oxygen atoms in total. The molecule has 4 rings (SSSR count). The number of likely N-dealkylation sites (tertiary alicyclic amines) is 2. The summed E-state index contributed by atoms with van der Waals surface area (Å²) >= 11 is 12.0. The van der Waals surface area contributed by atoms with Gasteiger partial charge in [0.1, 0.15) is 5.02 Å². The highest BCUT2D eigenvalue weighted by Crippen LogP contribution is 2.40. The normalized spacial score (nSPS) is 16.9. The second-order valence-electron chi connectivity index (χ2n) is 9.53. The molecule has 12 heteroatoms. The van der Waals surface area contributed by atoms with E-state index in [1.165, 1.54) is 12.3 Å². The predicted octanol–water partition coefficient (Wildman–Crippen LogP) is 2.52. The molecule has 2 fully saturated rings. The van der Waals surface area contributed by atoms with Crippen molar-refractivity contribution in [3.8, 4) is 5.88 Å². The molecule has 0 bridgehead atoms. The van der Waals surface area contributed by atoms with E-state index >= 15 is 0 Å². The van der Waals surface area contributed by atoms with E-state index in [-0.39, 0.29) is 41.1 Å². The maximum atomic E-state index is 13.0. The standard InChI is InChI=1S/C25H29Cl2N5O5/c1-2-20(37-23-19(27)9-18(26)11-29-23)22(34)28-10-16-4-3-5-17(8-16)24(35)32-14-25(15-32)12-31(13-25)7-6-21(33)30-36/h3-5,8-9,11,20,36H,2,6-7,10,12-15H2,1H3,(H,28,34)(H,30,33). The van der Waals surface area contributed by atoms with Crippen LogP contribution in [0.5, 0.6) is 5.88 Å². The molecule has 1 unspecified atom stereocenters. The molecule has 0 aliphatic carbocycles. The van der Waals surface area contributed by atoms with E-state index in [0.29, 0.717) is 36.6 Å². The monoisotopic (exact) mass is 549 g/mol. The number of aromatic nitrogens is 1. The molecule has 1 spiro atoms. The van der Waals surface area contributed by atoms with Gasteiger partial charge >= 0.3 is 0 Å². The summed E-state index contributed by atoms with van der Waals surface area (Å²) in [6, 6.07) is 8.70. The van der Waals surface area contributed by atoms with Crippen LogP contribution >= 0.6 is 23.2 Å². The van der Waals surface area contributed by atoms with Crippen molar-refractivity contribution in [2.45, 2.75) is 32.4 Å². The van der Waals surface area contributed by atoms with Gasteiger partial charge in [0.25, 0.3) is 11.8 Å². The number of amides is 3. The minimum atomic E-state index is -0.784. The number of benzene rings is 1. The van der Waals surface area contributed by atoms with Crippen LogP contribution in [-0.2, 0) is 16.1 Å². The summed E-state index contributed by atoms with van der Waals surface area (Å²) in [5.41, 5.74) is 3.09. The second kappa shape index (κ2) is 11.6. The first-order valence-corrected chi connectivity index (χ1v) is 12.8. The van der Waals surface area contributed by atoms with Crippen molar-refractivity contribution in [1.82, 2.24) is 25.6 Å². The summed E-state index contributed by atoms with van der Waals surface area (Å²) in [4.78, 5) is 44.9. The van der Waals surface area contributed by atoms with E-state index < -0.39 is 12.0 Å². The second-order valence-corrected chi connectivity index (χ2v) is 10.4. The van der Waals surface area contributed by atoms with Gasteiger partial charge in [0.15, 0.2) is 6.10 Å². The molecule has 0 saturated carbocycles. The van der Waals surface area contributed by atoms with Gasteiger partial charge in [0.05, 0.1) is 5.02 Å². The van der Waals surface area contributed by atoms with Crippen LogP contribution in [0, 0.1) is 5.41 Å². The fraction of sp³-hybridized carbons (Fsp3) is 0.440. The topological polar surface area (TPSA) is 124 Å². The molecule has 2 aromatic rings. The van der Waals surface area contributed by atoms with Crippen molar-refractivity contribution in [2.24, 2.45) is 5.41 Å². The van der Waals surface area contributed by atoms with E-state index in [4.69, 9.17) is 33.1 Å². The molecular formula is C25H29Cl2N5O5. The number of carbonyl (C=O) groups is 3. The molecule has 198 valence electrons. The molecule has 2 saturated heterocycles. The van der Waals surface area contributed by atoms with Crippen LogP contribution in [0.15, 0.2) is 36.5 Å². The number of hydroxylamine groups is 1. The summed E-state index contributed by atoms with van der Waals surface area (Å²) in [7, 11) is 0. The van der Waals surface area contributed by atoms with E-state index in [0.717, 1.165) is 18.7 Å². The smallest absolute Gasteiger partial charge is 0.261 e. The van der Waals surface area contributed by atoms with Crippen molar-refractivity contribution in [2.75, 3.05) is 32.7 Å². The van der Waals surface area contributed by atoms with Crippen LogP contribution in [0.2, 0.25) is 10.0 Å². The number of carbonyl (C=O) groups excluding carboxylic acids is 3. The van der Waals surface area contributed by atoms with Gasteiger partial charge in [0, 0.05) is 62.9 Å². The Bertz CT molecular complexity index is 1170. The summed E-state index contributed by atoms with van der Waals surface area (Å²) in [6.45, 7) is 5.65. The maximum Gasteiger partial charge on any atom is 0.261 e. The lowest BCUT2D eigenvalue weighted by molar-refractivity contribution is -0.132. The number of pyridine rings is 1. The highest BCUT2D eigenvalue weighted by molar-refractivity contribution is 6.35. The Morgan fingerprint density at radius 3 is 2.62 bits per heavy atom. The van der Waals surface area contributed by atoms with Crippen LogP contribution in [-0.4, -0.2) is 76.5 Å². The average molecular weight is 550 g/mol. The van der Waals surface area contributed by atoms with E-state index in [9.17, 15) is 14.4 Å². The van der Waals surface area contributed by atoms with Crippen LogP contribution in [0.1, 0.15) is 35.7 Å². The number of hydrogen-bond donors (Lipinski definition) is 3. The minimum absolute atomic E-state index is 0.0462. The molecule has 3 N–H and O–H groups in total. The first kappa shape index (κ1) is 27.1. The largest absolute Gasteiger partial charge is 0.463 e. The van der Waals surface area contributed by atoms with Gasteiger partial charge < -0.3 is 19.9 Å².